The summed E-state index contributed by atoms with van der Waals surface area (Å²) in [5.41, 5.74) is 10.3. The summed E-state index contributed by atoms with van der Waals surface area (Å²) in [4.78, 5) is 12.2. The largest absolute Gasteiger partial charge is 0.493 e. The summed E-state index contributed by atoms with van der Waals surface area (Å²) in [5.74, 6) is 0.332. The number of anilines is 1. The molecule has 0 aromatic heterocycles. The molecule has 0 bridgehead atoms. The minimum atomic E-state index is -0.424. The lowest BCUT2D eigenvalue weighted by Gasteiger charge is -2.14. The van der Waals surface area contributed by atoms with Crippen LogP contribution in [0.3, 0.4) is 0 Å². The number of para-hydroxylation sites is 1. The van der Waals surface area contributed by atoms with Crippen molar-refractivity contribution in [3.8, 4) is 11.5 Å². The van der Waals surface area contributed by atoms with Gasteiger partial charge in [0, 0.05) is 21.3 Å². The summed E-state index contributed by atoms with van der Waals surface area (Å²) in [7, 11) is 1.49. The van der Waals surface area contributed by atoms with Gasteiger partial charge in [-0.2, -0.15) is 5.10 Å². The third kappa shape index (κ3) is 5.82. The first-order valence-electron chi connectivity index (χ1n) is 9.01. The van der Waals surface area contributed by atoms with Crippen LogP contribution in [0.4, 0.5) is 5.69 Å². The number of methoxy groups -OCH3 is 1. The molecule has 9 heteroatoms. The van der Waals surface area contributed by atoms with E-state index in [1.165, 1.54) is 13.3 Å². The van der Waals surface area contributed by atoms with Crippen LogP contribution >= 0.6 is 34.8 Å². The summed E-state index contributed by atoms with van der Waals surface area (Å²) < 4.78 is 11.2. The molecule has 1 amide bonds. The van der Waals surface area contributed by atoms with Crippen molar-refractivity contribution < 1.29 is 14.3 Å². The van der Waals surface area contributed by atoms with Crippen molar-refractivity contribution in [1.82, 2.24) is 5.43 Å². The molecule has 0 atom stereocenters. The molecule has 0 unspecified atom stereocenters. The number of hydrogen-bond donors (Lipinski definition) is 2. The second-order valence-corrected chi connectivity index (χ2v) is 7.60. The Morgan fingerprint density at radius 1 is 1.10 bits per heavy atom. The number of rotatable bonds is 7. The molecule has 3 N–H and O–H groups in total. The number of amides is 1. The molecule has 160 valence electrons. The van der Waals surface area contributed by atoms with Gasteiger partial charge < -0.3 is 15.2 Å². The van der Waals surface area contributed by atoms with Gasteiger partial charge in [-0.3, -0.25) is 4.79 Å². The van der Waals surface area contributed by atoms with E-state index in [0.717, 1.165) is 5.56 Å². The summed E-state index contributed by atoms with van der Waals surface area (Å²) in [6.45, 7) is 0.175. The van der Waals surface area contributed by atoms with Crippen LogP contribution in [-0.2, 0) is 6.61 Å². The van der Waals surface area contributed by atoms with Gasteiger partial charge >= 0.3 is 0 Å². The van der Waals surface area contributed by atoms with Crippen LogP contribution in [0.15, 0.2) is 59.7 Å². The zero-order chi connectivity index (χ0) is 22.4. The predicted octanol–water partition coefficient (Wildman–Crippen LogP) is 5.58. The number of ether oxygens (including phenoxy) is 2. The standard InChI is InChI=1S/C22H18Cl3N3O3/c1-30-20-9-13(11-27-28-22(29)16-4-2-3-5-19(16)26)8-18(25)21(20)31-12-14-6-7-15(23)10-17(14)24/h2-11H,12,26H2,1H3,(H,28,29)/b27-11+. The van der Waals surface area contributed by atoms with Crippen molar-refractivity contribution in [2.24, 2.45) is 5.10 Å². The summed E-state index contributed by atoms with van der Waals surface area (Å²) in [5, 5.41) is 5.29. The van der Waals surface area contributed by atoms with E-state index in [1.54, 1.807) is 54.6 Å². The lowest BCUT2D eigenvalue weighted by atomic mass is 10.2. The zero-order valence-electron chi connectivity index (χ0n) is 16.4. The van der Waals surface area contributed by atoms with Gasteiger partial charge in [-0.05, 0) is 42.0 Å². The minimum Gasteiger partial charge on any atom is -0.493 e. The first-order chi connectivity index (χ1) is 14.9. The highest BCUT2D eigenvalue weighted by Gasteiger charge is 2.13. The van der Waals surface area contributed by atoms with E-state index in [9.17, 15) is 4.79 Å². The minimum absolute atomic E-state index is 0.175. The maximum atomic E-state index is 12.2. The van der Waals surface area contributed by atoms with Crippen LogP contribution in [-0.4, -0.2) is 19.2 Å². The fraction of sp³-hybridized carbons (Fsp3) is 0.0909. The summed E-state index contributed by atoms with van der Waals surface area (Å²) in [6, 6.07) is 15.2. The molecule has 0 spiro atoms. The van der Waals surface area contributed by atoms with E-state index in [2.05, 4.69) is 10.5 Å². The van der Waals surface area contributed by atoms with Crippen molar-refractivity contribution in [3.05, 3.63) is 86.4 Å². The average molecular weight is 479 g/mol. The van der Waals surface area contributed by atoms with Crippen LogP contribution in [0.25, 0.3) is 0 Å². The lowest BCUT2D eigenvalue weighted by molar-refractivity contribution is 0.0956. The highest BCUT2D eigenvalue weighted by molar-refractivity contribution is 6.35. The van der Waals surface area contributed by atoms with Gasteiger partial charge in [0.15, 0.2) is 11.5 Å². The van der Waals surface area contributed by atoms with E-state index in [4.69, 9.17) is 50.0 Å². The van der Waals surface area contributed by atoms with Crippen molar-refractivity contribution >= 4 is 52.6 Å². The molecule has 0 aliphatic carbocycles. The molecule has 0 heterocycles. The number of halogens is 3. The van der Waals surface area contributed by atoms with Crippen LogP contribution in [0.2, 0.25) is 15.1 Å². The molecule has 0 fully saturated rings. The van der Waals surface area contributed by atoms with Gasteiger partial charge in [-0.25, -0.2) is 5.43 Å². The van der Waals surface area contributed by atoms with Crippen LogP contribution in [0, 0.1) is 0 Å². The number of nitrogens with two attached hydrogens (primary N) is 1. The quantitative estimate of drug-likeness (QED) is 0.264. The maximum Gasteiger partial charge on any atom is 0.273 e. The van der Waals surface area contributed by atoms with Gasteiger partial charge in [0.1, 0.15) is 6.61 Å². The van der Waals surface area contributed by atoms with Gasteiger partial charge in [0.2, 0.25) is 0 Å². The topological polar surface area (TPSA) is 85.9 Å². The van der Waals surface area contributed by atoms with Crippen LogP contribution in [0.1, 0.15) is 21.5 Å². The third-order valence-corrected chi connectivity index (χ3v) is 5.09. The Balaban J connectivity index is 1.72. The van der Waals surface area contributed by atoms with E-state index < -0.39 is 5.91 Å². The Labute approximate surface area is 194 Å². The molecule has 0 aliphatic rings. The van der Waals surface area contributed by atoms with Crippen molar-refractivity contribution in [2.45, 2.75) is 6.61 Å². The SMILES string of the molecule is COc1cc(/C=N/NC(=O)c2ccccc2N)cc(Cl)c1OCc1ccc(Cl)cc1Cl. The Morgan fingerprint density at radius 2 is 1.87 bits per heavy atom. The highest BCUT2D eigenvalue weighted by atomic mass is 35.5. The maximum absolute atomic E-state index is 12.2. The van der Waals surface area contributed by atoms with E-state index in [-0.39, 0.29) is 6.61 Å². The number of hydrogen-bond acceptors (Lipinski definition) is 5. The van der Waals surface area contributed by atoms with E-state index in [1.807, 2.05) is 0 Å². The first kappa shape index (κ1) is 22.7. The third-order valence-electron chi connectivity index (χ3n) is 4.22. The molecular formula is C22H18Cl3N3O3. The monoisotopic (exact) mass is 477 g/mol. The smallest absolute Gasteiger partial charge is 0.273 e. The molecule has 3 aromatic rings. The molecule has 0 aliphatic heterocycles. The first-order valence-corrected chi connectivity index (χ1v) is 10.1. The zero-order valence-corrected chi connectivity index (χ0v) is 18.6. The molecule has 0 radical (unpaired) electrons. The molecule has 3 aromatic carbocycles. The number of hydrazone groups is 1. The summed E-state index contributed by atoms with van der Waals surface area (Å²) >= 11 is 18.5. The normalized spacial score (nSPS) is 10.8. The van der Waals surface area contributed by atoms with Gasteiger partial charge in [0.25, 0.3) is 5.91 Å². The van der Waals surface area contributed by atoms with Gasteiger partial charge in [0.05, 0.1) is 23.9 Å². The van der Waals surface area contributed by atoms with Crippen LogP contribution in [0.5, 0.6) is 11.5 Å². The Bertz CT molecular complexity index is 1140. The molecule has 0 saturated carbocycles. The lowest BCUT2D eigenvalue weighted by Crippen LogP contribution is -2.19. The Morgan fingerprint density at radius 3 is 2.58 bits per heavy atom. The van der Waals surface area contributed by atoms with Crippen molar-refractivity contribution in [3.63, 3.8) is 0 Å². The summed E-state index contributed by atoms with van der Waals surface area (Å²) in [6.07, 6.45) is 1.44. The second kappa shape index (κ2) is 10.4. The molecule has 0 saturated heterocycles. The molecule has 3 rings (SSSR count). The highest BCUT2D eigenvalue weighted by Crippen LogP contribution is 2.37. The van der Waals surface area contributed by atoms with E-state index >= 15 is 0 Å². The fourth-order valence-electron chi connectivity index (χ4n) is 2.67. The number of benzene rings is 3. The van der Waals surface area contributed by atoms with Gasteiger partial charge in [-0.1, -0.05) is 53.0 Å². The Kier molecular flexibility index (Phi) is 7.63. The molecular weight excluding hydrogens is 461 g/mol. The number of carbonyl (C=O) groups excluding carboxylic acids is 1. The average Bonchev–Trinajstić information content (AvgIpc) is 2.74. The van der Waals surface area contributed by atoms with Crippen molar-refractivity contribution in [1.29, 1.82) is 0 Å². The van der Waals surface area contributed by atoms with Crippen LogP contribution < -0.4 is 20.6 Å². The molecule has 31 heavy (non-hydrogen) atoms. The fourth-order valence-corrected chi connectivity index (χ4v) is 3.41. The van der Waals surface area contributed by atoms with E-state index in [0.29, 0.717) is 43.4 Å². The number of nitrogens with one attached hydrogen (secondary N) is 1. The van der Waals surface area contributed by atoms with Crippen molar-refractivity contribution in [2.75, 3.05) is 12.8 Å². The predicted molar refractivity (Wildman–Crippen MR) is 125 cm³/mol. The number of nitrogens with zero attached hydrogens (tertiary/aromatic N) is 1. The molecule has 6 nitrogen and oxygen atoms in total. The Hall–Kier alpha value is -2.93. The number of carbonyl (C=O) groups is 1. The number of nitrogen functional groups attached to an aromatic ring is 1. The second-order valence-electron chi connectivity index (χ2n) is 6.34. The van der Waals surface area contributed by atoms with Gasteiger partial charge in [-0.15, -0.1) is 0 Å².